The van der Waals surface area contributed by atoms with Gasteiger partial charge in [0.1, 0.15) is 10.5 Å². The predicted octanol–water partition coefficient (Wildman–Crippen LogP) is 0.638. The lowest BCUT2D eigenvalue weighted by Gasteiger charge is -2.17. The van der Waals surface area contributed by atoms with Gasteiger partial charge in [-0.25, -0.2) is 0 Å². The van der Waals surface area contributed by atoms with Crippen LogP contribution in [0.1, 0.15) is 20.8 Å². The van der Waals surface area contributed by atoms with Gasteiger partial charge >= 0.3 is 0 Å². The molecule has 0 aromatic heterocycles. The van der Waals surface area contributed by atoms with Gasteiger partial charge in [-0.15, -0.1) is 0 Å². The quantitative estimate of drug-likeness (QED) is 0.394. The van der Waals surface area contributed by atoms with Gasteiger partial charge in [-0.3, -0.25) is 0 Å². The second-order valence-electron chi connectivity index (χ2n) is 2.31. The highest BCUT2D eigenvalue weighted by molar-refractivity contribution is 5.98. The van der Waals surface area contributed by atoms with Crippen LogP contribution in [0.4, 0.5) is 0 Å². The first kappa shape index (κ1) is 7.92. The summed E-state index contributed by atoms with van der Waals surface area (Å²) in [4.78, 5) is 0. The van der Waals surface area contributed by atoms with Crippen LogP contribution in [0.15, 0.2) is 12.2 Å². The van der Waals surface area contributed by atoms with Crippen LogP contribution in [-0.2, 0) is 4.43 Å². The van der Waals surface area contributed by atoms with Crippen molar-refractivity contribution < 1.29 is 4.43 Å². The van der Waals surface area contributed by atoms with Crippen LogP contribution in [-0.4, -0.2) is 16.1 Å². The van der Waals surface area contributed by atoms with E-state index in [2.05, 4.69) is 19.9 Å². The molecule has 8 heavy (non-hydrogen) atoms. The molecule has 0 amide bonds. The minimum atomic E-state index is -0.0268. The molecule has 0 unspecified atom stereocenters. The normalized spacial score (nSPS) is 13.4. The molecule has 0 radical (unpaired) electrons. The molecule has 0 fully saturated rings. The van der Waals surface area contributed by atoms with Crippen LogP contribution in [0.2, 0.25) is 0 Å². The molecule has 0 aliphatic rings. The molecular formula is C6H14OSi. The average Bonchev–Trinajstić information content (AvgIpc) is 1.67. The topological polar surface area (TPSA) is 9.23 Å². The van der Waals surface area contributed by atoms with Gasteiger partial charge in [-0.2, -0.15) is 0 Å². The Balaban J connectivity index is 3.71. The van der Waals surface area contributed by atoms with Crippen LogP contribution in [0.5, 0.6) is 0 Å². The Morgan fingerprint density at radius 2 is 2.00 bits per heavy atom. The van der Waals surface area contributed by atoms with Crippen LogP contribution >= 0.6 is 0 Å². The minimum Gasteiger partial charge on any atom is -0.420 e. The Bertz CT molecular complexity index is 86.5. The highest BCUT2D eigenvalue weighted by Gasteiger charge is 2.07. The van der Waals surface area contributed by atoms with E-state index in [0.717, 1.165) is 10.5 Å². The lowest BCUT2D eigenvalue weighted by atomic mass is 10.1. The molecule has 0 heterocycles. The van der Waals surface area contributed by atoms with Gasteiger partial charge in [-0.1, -0.05) is 12.2 Å². The van der Waals surface area contributed by atoms with E-state index in [4.69, 9.17) is 4.43 Å². The van der Waals surface area contributed by atoms with E-state index in [-0.39, 0.29) is 5.60 Å². The lowest BCUT2D eigenvalue weighted by molar-refractivity contribution is 0.180. The third-order valence-electron chi connectivity index (χ3n) is 1.09. The molecule has 2 heteroatoms. The van der Waals surface area contributed by atoms with Crippen molar-refractivity contribution >= 4 is 10.5 Å². The molecule has 48 valence electrons. The molecule has 0 spiro atoms. The Labute approximate surface area is 54.3 Å². The number of hydrogen-bond donors (Lipinski definition) is 0. The molecule has 0 saturated heterocycles. The summed E-state index contributed by atoms with van der Waals surface area (Å²) in [6.45, 7) is 6.11. The van der Waals surface area contributed by atoms with Crippen molar-refractivity contribution in [1.82, 2.24) is 0 Å². The predicted molar refractivity (Wildman–Crippen MR) is 39.9 cm³/mol. The number of allylic oxidation sites excluding steroid dienone is 1. The van der Waals surface area contributed by atoms with Crippen molar-refractivity contribution in [2.75, 3.05) is 0 Å². The van der Waals surface area contributed by atoms with Crippen molar-refractivity contribution in [3.8, 4) is 0 Å². The van der Waals surface area contributed by atoms with Gasteiger partial charge in [0.25, 0.3) is 0 Å². The highest BCUT2D eigenvalue weighted by Crippen LogP contribution is 2.07. The molecule has 0 atom stereocenters. The molecule has 0 aromatic rings. The Morgan fingerprint density at radius 3 is 2.12 bits per heavy atom. The van der Waals surface area contributed by atoms with Gasteiger partial charge in [0.15, 0.2) is 0 Å². The van der Waals surface area contributed by atoms with Gasteiger partial charge in [0, 0.05) is 0 Å². The summed E-state index contributed by atoms with van der Waals surface area (Å²) in [6, 6.07) is 0. The van der Waals surface area contributed by atoms with Gasteiger partial charge in [-0.05, 0) is 20.8 Å². The molecule has 0 rings (SSSR count). The third kappa shape index (κ3) is 2.99. The zero-order valence-corrected chi connectivity index (χ0v) is 8.06. The van der Waals surface area contributed by atoms with Gasteiger partial charge in [0.2, 0.25) is 0 Å². The Hall–Kier alpha value is -0.0831. The smallest absolute Gasteiger partial charge is 0.147 e. The van der Waals surface area contributed by atoms with E-state index in [1.807, 2.05) is 13.0 Å². The summed E-state index contributed by atoms with van der Waals surface area (Å²) in [5.41, 5.74) is -0.0268. The molecule has 0 aromatic carbocycles. The summed E-state index contributed by atoms with van der Waals surface area (Å²) in [6.07, 6.45) is 4.07. The van der Waals surface area contributed by atoms with E-state index in [1.165, 1.54) is 0 Å². The van der Waals surface area contributed by atoms with Crippen LogP contribution < -0.4 is 0 Å². The molecule has 0 bridgehead atoms. The standard InChI is InChI=1S/C6H14OSi/c1-4-5-6(2,3)7-8/h4-5H,1-3,8H3. The van der Waals surface area contributed by atoms with Crippen molar-refractivity contribution in [2.45, 2.75) is 26.4 Å². The fourth-order valence-electron chi connectivity index (χ4n) is 0.469. The molecule has 1 nitrogen and oxygen atoms in total. The second-order valence-corrected chi connectivity index (χ2v) is 2.72. The zero-order valence-electron chi connectivity index (χ0n) is 6.06. The average molecular weight is 130 g/mol. The van der Waals surface area contributed by atoms with E-state index in [0.29, 0.717) is 0 Å². The highest BCUT2D eigenvalue weighted by atomic mass is 28.2. The minimum absolute atomic E-state index is 0.0268. The summed E-state index contributed by atoms with van der Waals surface area (Å²) in [5, 5.41) is 0. The summed E-state index contributed by atoms with van der Waals surface area (Å²) < 4.78 is 5.23. The van der Waals surface area contributed by atoms with Crippen LogP contribution in [0.3, 0.4) is 0 Å². The van der Waals surface area contributed by atoms with E-state index < -0.39 is 0 Å². The van der Waals surface area contributed by atoms with E-state index in [9.17, 15) is 0 Å². The summed E-state index contributed by atoms with van der Waals surface area (Å²) in [5.74, 6) is 0. The fraction of sp³-hybridized carbons (Fsp3) is 0.667. The lowest BCUT2D eigenvalue weighted by Crippen LogP contribution is -2.18. The molecule has 0 N–H and O–H groups in total. The van der Waals surface area contributed by atoms with E-state index in [1.54, 1.807) is 0 Å². The first-order valence-electron chi connectivity index (χ1n) is 2.81. The Morgan fingerprint density at radius 1 is 1.50 bits per heavy atom. The second kappa shape index (κ2) is 3.05. The monoisotopic (exact) mass is 130 g/mol. The van der Waals surface area contributed by atoms with E-state index >= 15 is 0 Å². The summed E-state index contributed by atoms with van der Waals surface area (Å²) in [7, 11) is 0.810. The molecule has 0 saturated carbocycles. The van der Waals surface area contributed by atoms with Crippen molar-refractivity contribution in [3.05, 3.63) is 12.2 Å². The van der Waals surface area contributed by atoms with Gasteiger partial charge < -0.3 is 4.43 Å². The zero-order chi connectivity index (χ0) is 6.62. The first-order valence-corrected chi connectivity index (χ1v) is 3.63. The molecule has 0 aliphatic heterocycles. The fourth-order valence-corrected chi connectivity index (χ4v) is 0.605. The maximum atomic E-state index is 5.23. The SMILES string of the molecule is CC=CC(C)(C)O[SiH3]. The van der Waals surface area contributed by atoms with Crippen LogP contribution in [0.25, 0.3) is 0 Å². The molecular weight excluding hydrogens is 116 g/mol. The van der Waals surface area contributed by atoms with Crippen molar-refractivity contribution in [3.63, 3.8) is 0 Å². The number of rotatable bonds is 2. The van der Waals surface area contributed by atoms with Gasteiger partial charge in [0.05, 0.1) is 5.60 Å². The third-order valence-corrected chi connectivity index (χ3v) is 2.15. The molecule has 0 aliphatic carbocycles. The van der Waals surface area contributed by atoms with Crippen molar-refractivity contribution in [2.24, 2.45) is 0 Å². The number of hydrogen-bond acceptors (Lipinski definition) is 1. The largest absolute Gasteiger partial charge is 0.420 e. The maximum absolute atomic E-state index is 5.23. The first-order chi connectivity index (χ1) is 3.62. The van der Waals surface area contributed by atoms with Crippen molar-refractivity contribution in [1.29, 1.82) is 0 Å². The Kier molecular flexibility index (Phi) is 3.01. The summed E-state index contributed by atoms with van der Waals surface area (Å²) >= 11 is 0. The van der Waals surface area contributed by atoms with Crippen LogP contribution in [0, 0.1) is 0 Å². The maximum Gasteiger partial charge on any atom is 0.147 e.